The Bertz CT molecular complexity index is 455. The van der Waals surface area contributed by atoms with Crippen LogP contribution < -0.4 is 5.32 Å². The van der Waals surface area contributed by atoms with Crippen LogP contribution in [0, 0.1) is 5.92 Å². The maximum absolute atomic E-state index is 12.2. The van der Waals surface area contributed by atoms with Crippen molar-refractivity contribution >= 4 is 5.91 Å². The van der Waals surface area contributed by atoms with E-state index in [0.717, 1.165) is 45.3 Å². The number of amides is 1. The highest BCUT2D eigenvalue weighted by Gasteiger charge is 2.26. The first-order valence-electron chi connectivity index (χ1n) is 8.05. The van der Waals surface area contributed by atoms with Crippen LogP contribution >= 0.6 is 0 Å². The summed E-state index contributed by atoms with van der Waals surface area (Å²) in [7, 11) is 1.93. The molecule has 5 nitrogen and oxygen atoms in total. The molecule has 0 unspecified atom stereocenters. The Balaban J connectivity index is 1.67. The summed E-state index contributed by atoms with van der Waals surface area (Å²) in [4.78, 5) is 14.6. The number of rotatable bonds is 6. The summed E-state index contributed by atoms with van der Waals surface area (Å²) in [5, 5.41) is 7.25. The number of nitrogens with one attached hydrogen (secondary N) is 1. The van der Waals surface area contributed by atoms with E-state index in [1.54, 1.807) is 0 Å². The highest BCUT2D eigenvalue weighted by atomic mass is 16.1. The maximum atomic E-state index is 12.2. The lowest BCUT2D eigenvalue weighted by Gasteiger charge is -2.34. The largest absolute Gasteiger partial charge is 0.356 e. The molecule has 1 aromatic rings. The van der Waals surface area contributed by atoms with E-state index >= 15 is 0 Å². The molecule has 118 valence electrons. The van der Waals surface area contributed by atoms with Crippen LogP contribution in [-0.4, -0.2) is 46.3 Å². The summed E-state index contributed by atoms with van der Waals surface area (Å²) in [5.74, 6) is 0.395. The van der Waals surface area contributed by atoms with E-state index in [1.807, 2.05) is 24.1 Å². The van der Waals surface area contributed by atoms with Crippen molar-refractivity contribution < 1.29 is 4.79 Å². The lowest BCUT2D eigenvalue weighted by molar-refractivity contribution is -0.126. The molecule has 0 bridgehead atoms. The first kappa shape index (κ1) is 16.0. The molecule has 21 heavy (non-hydrogen) atoms. The van der Waals surface area contributed by atoms with Crippen molar-refractivity contribution in [2.24, 2.45) is 13.0 Å². The van der Waals surface area contributed by atoms with Gasteiger partial charge in [-0.15, -0.1) is 0 Å². The molecule has 0 saturated carbocycles. The summed E-state index contributed by atoms with van der Waals surface area (Å²) in [6.45, 7) is 7.20. The third kappa shape index (κ3) is 4.84. The number of carbonyl (C=O) groups is 1. The second kappa shape index (κ2) is 7.59. The fraction of sp³-hybridized carbons (Fsp3) is 0.750. The molecule has 0 aliphatic carbocycles. The summed E-state index contributed by atoms with van der Waals surface area (Å²) < 4.78 is 1.82. The third-order valence-electron chi connectivity index (χ3n) is 4.25. The van der Waals surface area contributed by atoms with E-state index < -0.39 is 0 Å². The molecule has 0 spiro atoms. The second-order valence-corrected chi connectivity index (χ2v) is 6.34. The van der Waals surface area contributed by atoms with Crippen molar-refractivity contribution in [3.8, 4) is 0 Å². The van der Waals surface area contributed by atoms with Gasteiger partial charge in [-0.05, 0) is 51.6 Å². The van der Waals surface area contributed by atoms with Crippen LogP contribution in [0.4, 0.5) is 0 Å². The molecular weight excluding hydrogens is 264 g/mol. The molecular formula is C16H28N4O. The van der Waals surface area contributed by atoms with Gasteiger partial charge in [-0.1, -0.05) is 0 Å². The van der Waals surface area contributed by atoms with E-state index in [1.165, 1.54) is 5.56 Å². The fourth-order valence-corrected chi connectivity index (χ4v) is 2.94. The number of aryl methyl sites for hydroxylation is 2. The second-order valence-electron chi connectivity index (χ2n) is 6.34. The lowest BCUT2D eigenvalue weighted by Crippen LogP contribution is -2.45. The minimum absolute atomic E-state index is 0.166. The van der Waals surface area contributed by atoms with Crippen molar-refractivity contribution in [3.63, 3.8) is 0 Å². The molecule has 1 fully saturated rings. The molecule has 1 saturated heterocycles. The average Bonchev–Trinajstić information content (AvgIpc) is 2.89. The van der Waals surface area contributed by atoms with Gasteiger partial charge in [0.15, 0.2) is 0 Å². The molecule has 1 aliphatic rings. The van der Waals surface area contributed by atoms with Crippen molar-refractivity contribution in [2.75, 3.05) is 19.6 Å². The van der Waals surface area contributed by atoms with Crippen molar-refractivity contribution in [2.45, 2.75) is 45.6 Å². The third-order valence-corrected chi connectivity index (χ3v) is 4.25. The zero-order valence-corrected chi connectivity index (χ0v) is 13.5. The normalized spacial score (nSPS) is 19.9. The van der Waals surface area contributed by atoms with Gasteiger partial charge in [-0.25, -0.2) is 0 Å². The van der Waals surface area contributed by atoms with Gasteiger partial charge in [0.2, 0.25) is 5.91 Å². The lowest BCUT2D eigenvalue weighted by atomic mass is 9.96. The predicted molar refractivity (Wildman–Crippen MR) is 84.0 cm³/mol. The summed E-state index contributed by atoms with van der Waals surface area (Å²) in [6.07, 6.45) is 8.02. The quantitative estimate of drug-likeness (QED) is 0.810. The van der Waals surface area contributed by atoms with Crippen LogP contribution in [0.5, 0.6) is 0 Å². The molecule has 2 rings (SSSR count). The van der Waals surface area contributed by atoms with Crippen LogP contribution in [-0.2, 0) is 18.3 Å². The molecule has 1 aliphatic heterocycles. The van der Waals surface area contributed by atoms with Gasteiger partial charge in [0.1, 0.15) is 0 Å². The number of nitrogens with zero attached hydrogens (tertiary/aromatic N) is 3. The molecule has 1 atom stereocenters. The monoisotopic (exact) mass is 292 g/mol. The zero-order valence-electron chi connectivity index (χ0n) is 13.5. The minimum Gasteiger partial charge on any atom is -0.356 e. The first-order valence-corrected chi connectivity index (χ1v) is 8.05. The standard InChI is InChI=1S/C16H28N4O/c1-13(2)20-9-5-7-15(12-20)16(21)17-8-4-6-14-10-18-19(3)11-14/h10-11,13,15H,4-9,12H2,1-3H3,(H,17,21)/t15-/m1/s1. The number of likely N-dealkylation sites (tertiary alicyclic amines) is 1. The predicted octanol–water partition coefficient (Wildman–Crippen LogP) is 1.59. The minimum atomic E-state index is 0.166. The van der Waals surface area contributed by atoms with E-state index in [2.05, 4.69) is 29.2 Å². The highest BCUT2D eigenvalue weighted by molar-refractivity contribution is 5.78. The topological polar surface area (TPSA) is 50.2 Å². The number of piperidine rings is 1. The molecule has 5 heteroatoms. The molecule has 1 N–H and O–H groups in total. The molecule has 0 radical (unpaired) electrons. The molecule has 0 aromatic carbocycles. The van der Waals surface area contributed by atoms with Gasteiger partial charge >= 0.3 is 0 Å². The summed E-state index contributed by atoms with van der Waals surface area (Å²) in [5.41, 5.74) is 1.23. The maximum Gasteiger partial charge on any atom is 0.224 e. The van der Waals surface area contributed by atoms with Gasteiger partial charge in [0, 0.05) is 32.4 Å². The van der Waals surface area contributed by atoms with Crippen LogP contribution in [0.15, 0.2) is 12.4 Å². The smallest absolute Gasteiger partial charge is 0.224 e. The average molecular weight is 292 g/mol. The summed E-state index contributed by atoms with van der Waals surface area (Å²) >= 11 is 0. The number of hydrogen-bond donors (Lipinski definition) is 1. The zero-order chi connectivity index (χ0) is 15.2. The Kier molecular flexibility index (Phi) is 5.79. The number of carbonyl (C=O) groups excluding carboxylic acids is 1. The fourth-order valence-electron chi connectivity index (χ4n) is 2.94. The highest BCUT2D eigenvalue weighted by Crippen LogP contribution is 2.18. The van der Waals surface area contributed by atoms with Crippen LogP contribution in [0.3, 0.4) is 0 Å². The van der Waals surface area contributed by atoms with E-state index in [-0.39, 0.29) is 11.8 Å². The van der Waals surface area contributed by atoms with Gasteiger partial charge < -0.3 is 10.2 Å². The molecule has 2 heterocycles. The van der Waals surface area contributed by atoms with Gasteiger partial charge in [-0.2, -0.15) is 5.10 Å². The Morgan fingerprint density at radius 3 is 3.00 bits per heavy atom. The Hall–Kier alpha value is -1.36. The van der Waals surface area contributed by atoms with Gasteiger partial charge in [0.05, 0.1) is 12.1 Å². The van der Waals surface area contributed by atoms with Crippen molar-refractivity contribution in [3.05, 3.63) is 18.0 Å². The molecule has 1 aromatic heterocycles. The molecule has 1 amide bonds. The summed E-state index contributed by atoms with van der Waals surface area (Å²) in [6, 6.07) is 0.534. The van der Waals surface area contributed by atoms with Gasteiger partial charge in [0.25, 0.3) is 0 Å². The van der Waals surface area contributed by atoms with E-state index in [0.29, 0.717) is 6.04 Å². The first-order chi connectivity index (χ1) is 10.1. The number of aromatic nitrogens is 2. The van der Waals surface area contributed by atoms with Crippen LogP contribution in [0.2, 0.25) is 0 Å². The Morgan fingerprint density at radius 2 is 2.33 bits per heavy atom. The number of hydrogen-bond acceptors (Lipinski definition) is 3. The van der Waals surface area contributed by atoms with Crippen LogP contribution in [0.25, 0.3) is 0 Å². The van der Waals surface area contributed by atoms with E-state index in [4.69, 9.17) is 0 Å². The Morgan fingerprint density at radius 1 is 1.52 bits per heavy atom. The van der Waals surface area contributed by atoms with E-state index in [9.17, 15) is 4.79 Å². The Labute approximate surface area is 127 Å². The SMILES string of the molecule is CC(C)N1CCC[C@@H](C(=O)NCCCc2cnn(C)c2)C1. The van der Waals surface area contributed by atoms with Crippen LogP contribution in [0.1, 0.15) is 38.7 Å². The van der Waals surface area contributed by atoms with Crippen molar-refractivity contribution in [1.82, 2.24) is 20.0 Å². The van der Waals surface area contributed by atoms with Gasteiger partial charge in [-0.3, -0.25) is 9.48 Å². The van der Waals surface area contributed by atoms with Crippen molar-refractivity contribution in [1.29, 1.82) is 0 Å².